The van der Waals surface area contributed by atoms with E-state index in [4.69, 9.17) is 29.0 Å². The van der Waals surface area contributed by atoms with Gasteiger partial charge in [-0.25, -0.2) is 0 Å². The van der Waals surface area contributed by atoms with Gasteiger partial charge in [0.1, 0.15) is 0 Å². The van der Waals surface area contributed by atoms with Crippen molar-refractivity contribution < 1.29 is 4.79 Å². The van der Waals surface area contributed by atoms with Crippen LogP contribution in [0.1, 0.15) is 21.5 Å². The molecule has 0 aliphatic carbocycles. The van der Waals surface area contributed by atoms with E-state index >= 15 is 0 Å². The highest BCUT2D eigenvalue weighted by Gasteiger charge is 2.14. The Bertz CT molecular complexity index is 702. The van der Waals surface area contributed by atoms with E-state index in [2.05, 4.69) is 10.7 Å². The molecule has 0 aromatic heterocycles. The Labute approximate surface area is 133 Å². The highest BCUT2D eigenvalue weighted by atomic mass is 35.5. The molecule has 1 amide bonds. The molecule has 0 saturated heterocycles. The van der Waals surface area contributed by atoms with Gasteiger partial charge in [0.25, 0.3) is 5.91 Å². The third-order valence-electron chi connectivity index (χ3n) is 3.07. The van der Waals surface area contributed by atoms with Gasteiger partial charge in [-0.15, -0.1) is 0 Å². The van der Waals surface area contributed by atoms with Crippen LogP contribution in [0.5, 0.6) is 0 Å². The minimum absolute atomic E-state index is 0.312. The highest BCUT2D eigenvalue weighted by molar-refractivity contribution is 6.36. The lowest BCUT2D eigenvalue weighted by atomic mass is 10.1. The number of hydrogen-bond donors (Lipinski definition) is 3. The molecule has 6 heteroatoms. The summed E-state index contributed by atoms with van der Waals surface area (Å²) in [5.41, 5.74) is 5.73. The van der Waals surface area contributed by atoms with Crippen LogP contribution in [-0.2, 0) is 0 Å². The summed E-state index contributed by atoms with van der Waals surface area (Å²) < 4.78 is 0. The lowest BCUT2D eigenvalue weighted by molar-refractivity contribution is 0.102. The second-order valence-corrected chi connectivity index (χ2v) is 5.54. The molecule has 21 heavy (non-hydrogen) atoms. The first-order chi connectivity index (χ1) is 9.92. The van der Waals surface area contributed by atoms with Crippen LogP contribution in [0.3, 0.4) is 0 Å². The van der Waals surface area contributed by atoms with Crippen LogP contribution in [0.4, 0.5) is 11.4 Å². The first kappa shape index (κ1) is 15.6. The third-order valence-corrected chi connectivity index (χ3v) is 3.79. The van der Waals surface area contributed by atoms with E-state index in [9.17, 15) is 4.79 Å². The summed E-state index contributed by atoms with van der Waals surface area (Å²) in [6.07, 6.45) is 0. The van der Waals surface area contributed by atoms with Gasteiger partial charge in [-0.05, 0) is 43.7 Å². The van der Waals surface area contributed by atoms with Gasteiger partial charge in [0.15, 0.2) is 0 Å². The maximum atomic E-state index is 12.4. The van der Waals surface area contributed by atoms with Gasteiger partial charge in [-0.2, -0.15) is 0 Å². The highest BCUT2D eigenvalue weighted by Crippen LogP contribution is 2.29. The van der Waals surface area contributed by atoms with Crippen molar-refractivity contribution in [2.75, 3.05) is 10.7 Å². The first-order valence-corrected chi connectivity index (χ1v) is 7.02. The monoisotopic (exact) mass is 323 g/mol. The number of aryl methyl sites for hydroxylation is 2. The van der Waals surface area contributed by atoms with Crippen molar-refractivity contribution in [1.29, 1.82) is 0 Å². The predicted octanol–water partition coefficient (Wildman–Crippen LogP) is 4.15. The standard InChI is InChI=1S/C15H15Cl2N3O/c1-8-3-4-13(20-18)10(5-8)15(21)19-14-7-11(16)9(2)6-12(14)17/h3-7,20H,18H2,1-2H3,(H,19,21). The van der Waals surface area contributed by atoms with E-state index in [1.165, 1.54) is 0 Å². The van der Waals surface area contributed by atoms with Gasteiger partial charge >= 0.3 is 0 Å². The third kappa shape index (κ3) is 3.47. The van der Waals surface area contributed by atoms with Crippen LogP contribution < -0.4 is 16.6 Å². The number of benzene rings is 2. The van der Waals surface area contributed by atoms with E-state index in [1.54, 1.807) is 24.3 Å². The number of nitrogen functional groups attached to an aromatic ring is 1. The SMILES string of the molecule is Cc1ccc(NN)c(C(=O)Nc2cc(Cl)c(C)cc2Cl)c1. The van der Waals surface area contributed by atoms with Crippen molar-refractivity contribution in [3.8, 4) is 0 Å². The van der Waals surface area contributed by atoms with Crippen molar-refractivity contribution >= 4 is 40.5 Å². The maximum Gasteiger partial charge on any atom is 0.257 e. The van der Waals surface area contributed by atoms with Crippen molar-refractivity contribution in [2.45, 2.75) is 13.8 Å². The molecule has 0 radical (unpaired) electrons. The molecule has 0 saturated carbocycles. The van der Waals surface area contributed by atoms with E-state index in [1.807, 2.05) is 19.9 Å². The Kier molecular flexibility index (Phi) is 4.73. The molecular weight excluding hydrogens is 309 g/mol. The number of halogens is 2. The quantitative estimate of drug-likeness (QED) is 0.587. The number of hydrazine groups is 1. The molecular formula is C15H15Cl2N3O. The molecule has 0 heterocycles. The molecule has 0 spiro atoms. The molecule has 0 atom stereocenters. The second-order valence-electron chi connectivity index (χ2n) is 4.73. The molecule has 4 nitrogen and oxygen atoms in total. The Morgan fingerprint density at radius 1 is 1.05 bits per heavy atom. The molecule has 0 aliphatic heterocycles. The minimum Gasteiger partial charge on any atom is -0.323 e. The number of hydrogen-bond acceptors (Lipinski definition) is 3. The summed E-state index contributed by atoms with van der Waals surface area (Å²) in [5, 5.41) is 3.71. The zero-order valence-corrected chi connectivity index (χ0v) is 13.1. The maximum absolute atomic E-state index is 12.4. The largest absolute Gasteiger partial charge is 0.323 e. The smallest absolute Gasteiger partial charge is 0.257 e. The number of carbonyl (C=O) groups is 1. The van der Waals surface area contributed by atoms with Crippen LogP contribution in [0.25, 0.3) is 0 Å². The fourth-order valence-electron chi connectivity index (χ4n) is 1.90. The summed E-state index contributed by atoms with van der Waals surface area (Å²) in [6.45, 7) is 3.74. The van der Waals surface area contributed by atoms with Gasteiger partial charge in [0.05, 0.1) is 22.0 Å². The molecule has 2 rings (SSSR count). The Hall–Kier alpha value is -1.75. The number of amides is 1. The zero-order chi connectivity index (χ0) is 15.6. The van der Waals surface area contributed by atoms with Crippen molar-refractivity contribution in [3.63, 3.8) is 0 Å². The Balaban J connectivity index is 2.34. The second kappa shape index (κ2) is 6.35. The molecule has 2 aromatic rings. The zero-order valence-electron chi connectivity index (χ0n) is 11.6. The molecule has 4 N–H and O–H groups in total. The van der Waals surface area contributed by atoms with Gasteiger partial charge in [0, 0.05) is 5.02 Å². The van der Waals surface area contributed by atoms with E-state index in [0.29, 0.717) is 27.0 Å². The van der Waals surface area contributed by atoms with E-state index in [0.717, 1.165) is 11.1 Å². The van der Waals surface area contributed by atoms with Crippen molar-refractivity contribution in [3.05, 3.63) is 57.1 Å². The number of rotatable bonds is 3. The van der Waals surface area contributed by atoms with Gasteiger partial charge in [-0.1, -0.05) is 34.8 Å². The van der Waals surface area contributed by atoms with Crippen LogP contribution in [-0.4, -0.2) is 5.91 Å². The topological polar surface area (TPSA) is 67.1 Å². The fraction of sp³-hybridized carbons (Fsp3) is 0.133. The lowest BCUT2D eigenvalue weighted by Crippen LogP contribution is -2.17. The first-order valence-electron chi connectivity index (χ1n) is 6.26. The van der Waals surface area contributed by atoms with Crippen LogP contribution in [0.15, 0.2) is 30.3 Å². The summed E-state index contributed by atoms with van der Waals surface area (Å²) >= 11 is 12.2. The Morgan fingerprint density at radius 2 is 1.76 bits per heavy atom. The van der Waals surface area contributed by atoms with Gasteiger partial charge in [0.2, 0.25) is 0 Å². The van der Waals surface area contributed by atoms with Crippen molar-refractivity contribution in [1.82, 2.24) is 0 Å². The number of nitrogens with two attached hydrogens (primary N) is 1. The van der Waals surface area contributed by atoms with Gasteiger partial charge in [-0.3, -0.25) is 10.6 Å². The number of carbonyl (C=O) groups excluding carboxylic acids is 1. The van der Waals surface area contributed by atoms with Crippen LogP contribution >= 0.6 is 23.2 Å². The summed E-state index contributed by atoms with van der Waals surface area (Å²) in [4.78, 5) is 12.4. The van der Waals surface area contributed by atoms with Crippen LogP contribution in [0.2, 0.25) is 10.0 Å². The van der Waals surface area contributed by atoms with Crippen LogP contribution in [0, 0.1) is 13.8 Å². The fourth-order valence-corrected chi connectivity index (χ4v) is 2.33. The number of anilines is 2. The average molecular weight is 324 g/mol. The molecule has 0 unspecified atom stereocenters. The van der Waals surface area contributed by atoms with E-state index < -0.39 is 0 Å². The normalized spacial score (nSPS) is 10.3. The summed E-state index contributed by atoms with van der Waals surface area (Å²) in [5.74, 6) is 5.12. The van der Waals surface area contributed by atoms with Crippen molar-refractivity contribution in [2.24, 2.45) is 5.84 Å². The van der Waals surface area contributed by atoms with E-state index in [-0.39, 0.29) is 5.91 Å². The molecule has 2 aromatic carbocycles. The number of nitrogens with one attached hydrogen (secondary N) is 2. The molecule has 110 valence electrons. The average Bonchev–Trinajstić information content (AvgIpc) is 2.44. The molecule has 0 aliphatic rings. The minimum atomic E-state index is -0.312. The van der Waals surface area contributed by atoms with Gasteiger partial charge < -0.3 is 10.7 Å². The Morgan fingerprint density at radius 3 is 2.43 bits per heavy atom. The summed E-state index contributed by atoms with van der Waals surface area (Å²) in [7, 11) is 0. The summed E-state index contributed by atoms with van der Waals surface area (Å²) in [6, 6.07) is 8.68. The molecule has 0 fully saturated rings. The lowest BCUT2D eigenvalue weighted by Gasteiger charge is -2.12. The predicted molar refractivity (Wildman–Crippen MR) is 88.1 cm³/mol. The molecule has 0 bridgehead atoms.